The molecule has 3 N–H and O–H groups in total. The number of amides is 1. The third-order valence-corrected chi connectivity index (χ3v) is 2.87. The molecule has 0 radical (unpaired) electrons. The molecule has 100 valence electrons. The van der Waals surface area contributed by atoms with Crippen LogP contribution in [0.1, 0.15) is 12.8 Å². The molecule has 1 aromatic carbocycles. The molecule has 5 heteroatoms. The van der Waals surface area contributed by atoms with Crippen LogP contribution in [0.5, 0.6) is 0 Å². The summed E-state index contributed by atoms with van der Waals surface area (Å²) in [6, 6.07) is 7.45. The molecule has 1 atom stereocenters. The van der Waals surface area contributed by atoms with Crippen molar-refractivity contribution in [1.82, 2.24) is 4.98 Å². The quantitative estimate of drug-likeness (QED) is 0.881. The van der Waals surface area contributed by atoms with E-state index in [0.29, 0.717) is 12.4 Å². The molecule has 2 aromatic rings. The number of carbonyl (C=O) groups is 1. The van der Waals surface area contributed by atoms with Gasteiger partial charge in [0.25, 0.3) is 0 Å². The second kappa shape index (κ2) is 5.67. The molecule has 1 heterocycles. The van der Waals surface area contributed by atoms with Crippen molar-refractivity contribution < 1.29 is 9.21 Å². The Labute approximate surface area is 111 Å². The lowest BCUT2D eigenvalue weighted by molar-refractivity contribution is -0.119. The maximum Gasteiger partial charge on any atom is 0.228 e. The number of aryl methyl sites for hydroxylation is 1. The van der Waals surface area contributed by atoms with E-state index in [1.807, 2.05) is 24.3 Å². The molecule has 0 aliphatic carbocycles. The van der Waals surface area contributed by atoms with Gasteiger partial charge in [-0.25, -0.2) is 4.98 Å². The fourth-order valence-corrected chi connectivity index (χ4v) is 1.59. The van der Waals surface area contributed by atoms with Crippen molar-refractivity contribution in [2.45, 2.75) is 13.8 Å². The SMILES string of the molecule is Cc1nc(-c2ccc(NC(=O)C(C)CN)cc2)co1. The highest BCUT2D eigenvalue weighted by Gasteiger charge is 2.11. The summed E-state index contributed by atoms with van der Waals surface area (Å²) in [5.74, 6) is 0.356. The summed E-state index contributed by atoms with van der Waals surface area (Å²) in [6.07, 6.45) is 1.61. The van der Waals surface area contributed by atoms with E-state index in [0.717, 1.165) is 16.9 Å². The Morgan fingerprint density at radius 3 is 2.63 bits per heavy atom. The Morgan fingerprint density at radius 1 is 1.42 bits per heavy atom. The van der Waals surface area contributed by atoms with E-state index in [1.54, 1.807) is 20.1 Å². The largest absolute Gasteiger partial charge is 0.449 e. The Bertz CT molecular complexity index is 560. The van der Waals surface area contributed by atoms with Gasteiger partial charge in [0, 0.05) is 30.6 Å². The molecule has 2 rings (SSSR count). The number of carbonyl (C=O) groups excluding carboxylic acids is 1. The van der Waals surface area contributed by atoms with Crippen LogP contribution in [0.15, 0.2) is 34.9 Å². The minimum absolute atomic E-state index is 0.0764. The number of nitrogens with two attached hydrogens (primary N) is 1. The summed E-state index contributed by atoms with van der Waals surface area (Å²) in [5, 5.41) is 2.81. The minimum atomic E-state index is -0.196. The van der Waals surface area contributed by atoms with Crippen molar-refractivity contribution in [3.05, 3.63) is 36.4 Å². The number of nitrogens with one attached hydrogen (secondary N) is 1. The number of benzene rings is 1. The van der Waals surface area contributed by atoms with Crippen molar-refractivity contribution in [2.75, 3.05) is 11.9 Å². The van der Waals surface area contributed by atoms with Crippen LogP contribution in [0, 0.1) is 12.8 Å². The van der Waals surface area contributed by atoms with Crippen LogP contribution >= 0.6 is 0 Å². The van der Waals surface area contributed by atoms with Crippen molar-refractivity contribution in [1.29, 1.82) is 0 Å². The van der Waals surface area contributed by atoms with Gasteiger partial charge >= 0.3 is 0 Å². The predicted octanol–water partition coefficient (Wildman–Crippen LogP) is 2.18. The van der Waals surface area contributed by atoms with Crippen LogP contribution in [0.4, 0.5) is 5.69 Å². The number of rotatable bonds is 4. The van der Waals surface area contributed by atoms with Gasteiger partial charge in [-0.05, 0) is 12.1 Å². The van der Waals surface area contributed by atoms with E-state index < -0.39 is 0 Å². The summed E-state index contributed by atoms with van der Waals surface area (Å²) < 4.78 is 5.16. The summed E-state index contributed by atoms with van der Waals surface area (Å²) in [4.78, 5) is 15.9. The third kappa shape index (κ3) is 3.20. The maximum atomic E-state index is 11.7. The number of anilines is 1. The van der Waals surface area contributed by atoms with Gasteiger partial charge in [-0.15, -0.1) is 0 Å². The number of hydrogen-bond acceptors (Lipinski definition) is 4. The average Bonchev–Trinajstić information content (AvgIpc) is 2.85. The molecule has 0 aliphatic rings. The molecule has 0 aliphatic heterocycles. The molecule has 0 bridgehead atoms. The Hall–Kier alpha value is -2.14. The molecule has 0 saturated heterocycles. The summed E-state index contributed by atoms with van der Waals surface area (Å²) in [7, 11) is 0. The van der Waals surface area contributed by atoms with Crippen molar-refractivity contribution in [2.24, 2.45) is 11.7 Å². The molecular formula is C14H17N3O2. The smallest absolute Gasteiger partial charge is 0.228 e. The average molecular weight is 259 g/mol. The molecule has 0 spiro atoms. The Morgan fingerprint density at radius 2 is 2.11 bits per heavy atom. The van der Waals surface area contributed by atoms with E-state index in [4.69, 9.17) is 10.2 Å². The number of oxazole rings is 1. The summed E-state index contributed by atoms with van der Waals surface area (Å²) in [6.45, 7) is 3.93. The van der Waals surface area contributed by atoms with E-state index in [9.17, 15) is 4.79 Å². The fourth-order valence-electron chi connectivity index (χ4n) is 1.59. The second-order valence-electron chi connectivity index (χ2n) is 4.46. The molecule has 19 heavy (non-hydrogen) atoms. The molecule has 1 aromatic heterocycles. The highest BCUT2D eigenvalue weighted by Crippen LogP contribution is 2.20. The van der Waals surface area contributed by atoms with E-state index in [2.05, 4.69) is 10.3 Å². The van der Waals surface area contributed by atoms with Gasteiger partial charge in [-0.1, -0.05) is 19.1 Å². The van der Waals surface area contributed by atoms with Crippen LogP contribution in [0.25, 0.3) is 11.3 Å². The van der Waals surface area contributed by atoms with Crippen molar-refractivity contribution >= 4 is 11.6 Å². The van der Waals surface area contributed by atoms with E-state index >= 15 is 0 Å². The second-order valence-corrected chi connectivity index (χ2v) is 4.46. The standard InChI is InChI=1S/C14H17N3O2/c1-9(7-15)14(18)17-12-5-3-11(4-6-12)13-8-19-10(2)16-13/h3-6,8-9H,7,15H2,1-2H3,(H,17,18). The first-order valence-corrected chi connectivity index (χ1v) is 6.13. The monoisotopic (exact) mass is 259 g/mol. The third-order valence-electron chi connectivity index (χ3n) is 2.87. The lowest BCUT2D eigenvalue weighted by atomic mass is 10.1. The van der Waals surface area contributed by atoms with Gasteiger partial charge < -0.3 is 15.5 Å². The number of hydrogen-bond donors (Lipinski definition) is 2. The van der Waals surface area contributed by atoms with Crippen LogP contribution in [0.3, 0.4) is 0 Å². The molecule has 5 nitrogen and oxygen atoms in total. The van der Waals surface area contributed by atoms with Gasteiger partial charge in [0.2, 0.25) is 5.91 Å². The minimum Gasteiger partial charge on any atom is -0.449 e. The van der Waals surface area contributed by atoms with Crippen LogP contribution in [-0.4, -0.2) is 17.4 Å². The van der Waals surface area contributed by atoms with Crippen molar-refractivity contribution in [3.8, 4) is 11.3 Å². The zero-order valence-electron chi connectivity index (χ0n) is 11.0. The van der Waals surface area contributed by atoms with Crippen LogP contribution in [-0.2, 0) is 4.79 Å². The number of nitrogens with zero attached hydrogens (tertiary/aromatic N) is 1. The van der Waals surface area contributed by atoms with Gasteiger partial charge in [0.15, 0.2) is 5.89 Å². The topological polar surface area (TPSA) is 81.2 Å². The summed E-state index contributed by atoms with van der Waals surface area (Å²) >= 11 is 0. The van der Waals surface area contributed by atoms with Gasteiger partial charge in [0.05, 0.1) is 0 Å². The lowest BCUT2D eigenvalue weighted by Gasteiger charge is -2.10. The zero-order chi connectivity index (χ0) is 13.8. The number of aromatic nitrogens is 1. The molecule has 0 fully saturated rings. The Balaban J connectivity index is 2.08. The highest BCUT2D eigenvalue weighted by molar-refractivity contribution is 5.92. The van der Waals surface area contributed by atoms with Gasteiger partial charge in [-0.2, -0.15) is 0 Å². The predicted molar refractivity (Wildman–Crippen MR) is 73.5 cm³/mol. The first kappa shape index (κ1) is 13.3. The lowest BCUT2D eigenvalue weighted by Crippen LogP contribution is -2.26. The normalized spacial score (nSPS) is 12.2. The van der Waals surface area contributed by atoms with Crippen molar-refractivity contribution in [3.63, 3.8) is 0 Å². The van der Waals surface area contributed by atoms with Gasteiger partial charge in [0.1, 0.15) is 12.0 Å². The van der Waals surface area contributed by atoms with Crippen LogP contribution < -0.4 is 11.1 Å². The van der Waals surface area contributed by atoms with E-state index in [1.165, 1.54) is 0 Å². The first-order chi connectivity index (χ1) is 9.10. The summed E-state index contributed by atoms with van der Waals surface area (Å²) in [5.41, 5.74) is 7.92. The maximum absolute atomic E-state index is 11.7. The van der Waals surface area contributed by atoms with Gasteiger partial charge in [-0.3, -0.25) is 4.79 Å². The zero-order valence-corrected chi connectivity index (χ0v) is 11.0. The highest BCUT2D eigenvalue weighted by atomic mass is 16.3. The molecule has 1 amide bonds. The molecular weight excluding hydrogens is 242 g/mol. The van der Waals surface area contributed by atoms with Crippen LogP contribution in [0.2, 0.25) is 0 Å². The van der Waals surface area contributed by atoms with E-state index in [-0.39, 0.29) is 11.8 Å². The first-order valence-electron chi connectivity index (χ1n) is 6.13. The molecule has 1 unspecified atom stereocenters. The fraction of sp³-hybridized carbons (Fsp3) is 0.286. The Kier molecular flexibility index (Phi) is 3.97. The molecule has 0 saturated carbocycles.